The Morgan fingerprint density at radius 1 is 1.39 bits per heavy atom. The fourth-order valence-corrected chi connectivity index (χ4v) is 2.61. The lowest BCUT2D eigenvalue weighted by Crippen LogP contribution is -2.12. The summed E-state index contributed by atoms with van der Waals surface area (Å²) in [6, 6.07) is 5.81. The number of nitrogens with zero attached hydrogens (tertiary/aromatic N) is 2. The zero-order valence-electron chi connectivity index (χ0n) is 10.1. The number of aryl methyl sites for hydroxylation is 1. The fourth-order valence-electron chi connectivity index (χ4n) is 1.63. The van der Waals surface area contributed by atoms with E-state index in [9.17, 15) is 4.79 Å². The van der Waals surface area contributed by atoms with Gasteiger partial charge in [-0.05, 0) is 18.2 Å². The molecule has 2 aromatic rings. The third kappa shape index (κ3) is 3.68. The van der Waals surface area contributed by atoms with Crippen LogP contribution in [-0.4, -0.2) is 20.9 Å². The SMILES string of the molecule is Cn1ccc(CNCc2ccc(CC(=O)O)s2)n1. The summed E-state index contributed by atoms with van der Waals surface area (Å²) in [6.07, 6.45) is 2.01. The summed E-state index contributed by atoms with van der Waals surface area (Å²) < 4.78 is 1.77. The summed E-state index contributed by atoms with van der Waals surface area (Å²) in [4.78, 5) is 12.6. The highest BCUT2D eigenvalue weighted by atomic mass is 32.1. The molecule has 0 bridgehead atoms. The van der Waals surface area contributed by atoms with Crippen molar-refractivity contribution in [3.63, 3.8) is 0 Å². The average molecular weight is 265 g/mol. The Morgan fingerprint density at radius 3 is 2.83 bits per heavy atom. The number of carboxylic acids is 1. The molecule has 0 radical (unpaired) electrons. The molecular formula is C12H15N3O2S. The summed E-state index contributed by atoms with van der Waals surface area (Å²) in [5.41, 5.74) is 1.000. The van der Waals surface area contributed by atoms with Crippen LogP contribution in [0.4, 0.5) is 0 Å². The molecule has 6 heteroatoms. The quantitative estimate of drug-likeness (QED) is 0.828. The summed E-state index contributed by atoms with van der Waals surface area (Å²) >= 11 is 1.53. The van der Waals surface area contributed by atoms with Crippen molar-refractivity contribution in [3.05, 3.63) is 39.8 Å². The number of carboxylic acid groups (broad SMARTS) is 1. The monoisotopic (exact) mass is 265 g/mol. The minimum atomic E-state index is -0.787. The standard InChI is InChI=1S/C12H15N3O2S/c1-15-5-4-9(14-15)7-13-8-11-3-2-10(18-11)6-12(16)17/h2-5,13H,6-8H2,1H3,(H,16,17). The first-order valence-corrected chi connectivity index (χ1v) is 6.44. The molecule has 2 heterocycles. The number of hydrogen-bond acceptors (Lipinski definition) is 4. The number of thiophene rings is 1. The van der Waals surface area contributed by atoms with E-state index in [1.54, 1.807) is 4.68 Å². The first kappa shape index (κ1) is 12.8. The molecule has 0 aliphatic carbocycles. The van der Waals surface area contributed by atoms with Gasteiger partial charge in [-0.2, -0.15) is 5.10 Å². The van der Waals surface area contributed by atoms with Crippen LogP contribution in [-0.2, 0) is 31.4 Å². The predicted octanol–water partition coefficient (Wildman–Crippen LogP) is 1.40. The van der Waals surface area contributed by atoms with Crippen molar-refractivity contribution in [2.24, 2.45) is 7.05 Å². The lowest BCUT2D eigenvalue weighted by molar-refractivity contribution is -0.136. The van der Waals surface area contributed by atoms with Gasteiger partial charge in [0.1, 0.15) is 0 Å². The van der Waals surface area contributed by atoms with E-state index >= 15 is 0 Å². The molecule has 0 aliphatic heterocycles. The van der Waals surface area contributed by atoms with Gasteiger partial charge in [-0.25, -0.2) is 0 Å². The Kier molecular flexibility index (Phi) is 4.11. The molecule has 2 aromatic heterocycles. The van der Waals surface area contributed by atoms with Gasteiger partial charge < -0.3 is 10.4 Å². The molecule has 0 fully saturated rings. The van der Waals surface area contributed by atoms with Gasteiger partial charge in [0.05, 0.1) is 12.1 Å². The Morgan fingerprint density at radius 2 is 2.17 bits per heavy atom. The fraction of sp³-hybridized carbons (Fsp3) is 0.333. The minimum absolute atomic E-state index is 0.102. The second-order valence-electron chi connectivity index (χ2n) is 4.02. The molecule has 5 nitrogen and oxygen atoms in total. The lowest BCUT2D eigenvalue weighted by atomic mass is 10.3. The van der Waals surface area contributed by atoms with Crippen LogP contribution in [0.1, 0.15) is 15.4 Å². The first-order valence-electron chi connectivity index (χ1n) is 5.62. The van der Waals surface area contributed by atoms with Gasteiger partial charge in [0.25, 0.3) is 0 Å². The Balaban J connectivity index is 1.79. The molecular weight excluding hydrogens is 250 g/mol. The maximum atomic E-state index is 10.6. The summed E-state index contributed by atoms with van der Waals surface area (Å²) in [5, 5.41) is 16.2. The number of hydrogen-bond donors (Lipinski definition) is 2. The number of aliphatic carboxylic acids is 1. The van der Waals surface area contributed by atoms with Crippen LogP contribution in [0.5, 0.6) is 0 Å². The van der Waals surface area contributed by atoms with Crippen molar-refractivity contribution in [1.29, 1.82) is 0 Å². The summed E-state index contributed by atoms with van der Waals surface area (Å²) in [6.45, 7) is 1.45. The van der Waals surface area contributed by atoms with Crippen LogP contribution in [0, 0.1) is 0 Å². The van der Waals surface area contributed by atoms with Crippen molar-refractivity contribution in [3.8, 4) is 0 Å². The van der Waals surface area contributed by atoms with Crippen molar-refractivity contribution in [1.82, 2.24) is 15.1 Å². The first-order chi connectivity index (χ1) is 8.63. The zero-order valence-corrected chi connectivity index (χ0v) is 10.9. The second-order valence-corrected chi connectivity index (χ2v) is 5.28. The topological polar surface area (TPSA) is 67.2 Å². The molecule has 18 heavy (non-hydrogen) atoms. The van der Waals surface area contributed by atoms with E-state index in [0.29, 0.717) is 6.54 Å². The molecule has 0 unspecified atom stereocenters. The molecule has 96 valence electrons. The lowest BCUT2D eigenvalue weighted by Gasteiger charge is -1.99. The number of nitrogens with one attached hydrogen (secondary N) is 1. The van der Waals surface area contributed by atoms with Crippen molar-refractivity contribution in [2.75, 3.05) is 0 Å². The zero-order chi connectivity index (χ0) is 13.0. The van der Waals surface area contributed by atoms with Gasteiger partial charge in [0.15, 0.2) is 0 Å². The van der Waals surface area contributed by atoms with E-state index in [1.165, 1.54) is 11.3 Å². The number of aromatic nitrogens is 2. The van der Waals surface area contributed by atoms with E-state index in [0.717, 1.165) is 22.0 Å². The second kappa shape index (κ2) is 5.79. The summed E-state index contributed by atoms with van der Waals surface area (Å²) in [7, 11) is 1.89. The van der Waals surface area contributed by atoms with Crippen LogP contribution < -0.4 is 5.32 Å². The van der Waals surface area contributed by atoms with E-state index in [-0.39, 0.29) is 6.42 Å². The number of carbonyl (C=O) groups is 1. The molecule has 0 saturated carbocycles. The molecule has 0 saturated heterocycles. The van der Waals surface area contributed by atoms with Gasteiger partial charge in [-0.3, -0.25) is 9.48 Å². The van der Waals surface area contributed by atoms with Gasteiger partial charge in [-0.15, -0.1) is 11.3 Å². The third-order valence-electron chi connectivity index (χ3n) is 2.42. The third-order valence-corrected chi connectivity index (χ3v) is 3.50. The Bertz CT molecular complexity index is 533. The largest absolute Gasteiger partial charge is 0.481 e. The molecule has 0 aromatic carbocycles. The van der Waals surface area contributed by atoms with Gasteiger partial charge in [0.2, 0.25) is 0 Å². The molecule has 0 amide bonds. The highest BCUT2D eigenvalue weighted by Crippen LogP contribution is 2.16. The highest BCUT2D eigenvalue weighted by molar-refractivity contribution is 7.12. The van der Waals surface area contributed by atoms with Crippen LogP contribution >= 0.6 is 11.3 Å². The van der Waals surface area contributed by atoms with Crippen LogP contribution in [0.25, 0.3) is 0 Å². The van der Waals surface area contributed by atoms with Crippen molar-refractivity contribution < 1.29 is 9.90 Å². The van der Waals surface area contributed by atoms with Crippen molar-refractivity contribution >= 4 is 17.3 Å². The van der Waals surface area contributed by atoms with Gasteiger partial charge in [0, 0.05) is 36.1 Å². The van der Waals surface area contributed by atoms with E-state index in [1.807, 2.05) is 31.4 Å². The molecule has 0 aliphatic rings. The van der Waals surface area contributed by atoms with Crippen LogP contribution in [0.3, 0.4) is 0 Å². The van der Waals surface area contributed by atoms with Crippen molar-refractivity contribution in [2.45, 2.75) is 19.5 Å². The van der Waals surface area contributed by atoms with E-state index < -0.39 is 5.97 Å². The van der Waals surface area contributed by atoms with E-state index in [4.69, 9.17) is 5.11 Å². The molecule has 0 atom stereocenters. The molecule has 2 rings (SSSR count). The van der Waals surface area contributed by atoms with E-state index in [2.05, 4.69) is 10.4 Å². The predicted molar refractivity (Wildman–Crippen MR) is 69.4 cm³/mol. The maximum absolute atomic E-state index is 10.6. The highest BCUT2D eigenvalue weighted by Gasteiger charge is 2.04. The van der Waals surface area contributed by atoms with Crippen LogP contribution in [0.2, 0.25) is 0 Å². The maximum Gasteiger partial charge on any atom is 0.308 e. The number of rotatable bonds is 6. The van der Waals surface area contributed by atoms with Gasteiger partial charge in [-0.1, -0.05) is 0 Å². The summed E-state index contributed by atoms with van der Waals surface area (Å²) in [5.74, 6) is -0.787. The van der Waals surface area contributed by atoms with Gasteiger partial charge >= 0.3 is 5.97 Å². The average Bonchev–Trinajstić information content (AvgIpc) is 2.88. The smallest absolute Gasteiger partial charge is 0.308 e. The minimum Gasteiger partial charge on any atom is -0.481 e. The molecule has 2 N–H and O–H groups in total. The Labute approximate surface area is 109 Å². The van der Waals surface area contributed by atoms with Crippen LogP contribution in [0.15, 0.2) is 24.4 Å². The normalized spacial score (nSPS) is 10.7. The molecule has 0 spiro atoms. The Hall–Kier alpha value is -1.66.